The number of nitrogens with one attached hydrogen (secondary N) is 1. The van der Waals surface area contributed by atoms with Crippen LogP contribution in [0.15, 0.2) is 12.1 Å². The van der Waals surface area contributed by atoms with Crippen molar-refractivity contribution in [2.45, 2.75) is 32.6 Å². The lowest BCUT2D eigenvalue weighted by molar-refractivity contribution is 0.783. The van der Waals surface area contributed by atoms with Gasteiger partial charge < -0.3 is 5.32 Å². The van der Waals surface area contributed by atoms with E-state index in [1.807, 2.05) is 0 Å². The van der Waals surface area contributed by atoms with Crippen molar-refractivity contribution < 1.29 is 0 Å². The SMILES string of the molecule is CC(C)c1ccc2c(n1)NCCC2. The van der Waals surface area contributed by atoms with E-state index in [9.17, 15) is 0 Å². The van der Waals surface area contributed by atoms with Crippen LogP contribution in [0.1, 0.15) is 37.4 Å². The highest BCUT2D eigenvalue weighted by Crippen LogP contribution is 2.22. The molecule has 1 aromatic heterocycles. The molecule has 0 aliphatic carbocycles. The molecule has 0 fully saturated rings. The summed E-state index contributed by atoms with van der Waals surface area (Å²) in [6, 6.07) is 4.36. The molecule has 1 N–H and O–H groups in total. The first kappa shape index (κ1) is 8.54. The summed E-state index contributed by atoms with van der Waals surface area (Å²) in [6.45, 7) is 5.43. The molecule has 2 heterocycles. The van der Waals surface area contributed by atoms with Gasteiger partial charge in [-0.25, -0.2) is 4.98 Å². The Bertz CT molecular complexity index is 305. The lowest BCUT2D eigenvalue weighted by atomic mass is 10.0. The van der Waals surface area contributed by atoms with Crippen molar-refractivity contribution in [1.82, 2.24) is 4.98 Å². The monoisotopic (exact) mass is 176 g/mol. The van der Waals surface area contributed by atoms with Crippen molar-refractivity contribution in [1.29, 1.82) is 0 Å². The van der Waals surface area contributed by atoms with Crippen molar-refractivity contribution in [3.63, 3.8) is 0 Å². The van der Waals surface area contributed by atoms with Gasteiger partial charge in [-0.1, -0.05) is 19.9 Å². The zero-order chi connectivity index (χ0) is 9.26. The first-order valence-electron chi connectivity index (χ1n) is 5.01. The average molecular weight is 176 g/mol. The summed E-state index contributed by atoms with van der Waals surface area (Å²) in [4.78, 5) is 4.60. The standard InChI is InChI=1S/C11H16N2/c1-8(2)10-6-5-9-4-3-7-12-11(9)13-10/h5-6,8H,3-4,7H2,1-2H3,(H,12,13). The molecule has 0 aromatic carbocycles. The Kier molecular flexibility index (Phi) is 2.21. The van der Waals surface area contributed by atoms with Crippen LogP contribution in [0.2, 0.25) is 0 Å². The maximum absolute atomic E-state index is 4.60. The van der Waals surface area contributed by atoms with Gasteiger partial charge in [-0.05, 0) is 30.4 Å². The molecule has 1 aromatic rings. The Morgan fingerprint density at radius 3 is 3.00 bits per heavy atom. The zero-order valence-electron chi connectivity index (χ0n) is 8.30. The van der Waals surface area contributed by atoms with E-state index < -0.39 is 0 Å². The maximum Gasteiger partial charge on any atom is 0.129 e. The van der Waals surface area contributed by atoms with Crippen LogP contribution in [0.3, 0.4) is 0 Å². The van der Waals surface area contributed by atoms with Gasteiger partial charge >= 0.3 is 0 Å². The highest BCUT2D eigenvalue weighted by atomic mass is 15.0. The largest absolute Gasteiger partial charge is 0.370 e. The second-order valence-corrected chi connectivity index (χ2v) is 3.93. The van der Waals surface area contributed by atoms with E-state index in [2.05, 4.69) is 36.3 Å². The second kappa shape index (κ2) is 3.36. The minimum absolute atomic E-state index is 0.522. The Morgan fingerprint density at radius 2 is 2.23 bits per heavy atom. The van der Waals surface area contributed by atoms with Crippen molar-refractivity contribution in [3.8, 4) is 0 Å². The molecule has 1 aliphatic heterocycles. The zero-order valence-corrected chi connectivity index (χ0v) is 8.30. The molecule has 0 unspecified atom stereocenters. The van der Waals surface area contributed by atoms with Crippen molar-refractivity contribution in [3.05, 3.63) is 23.4 Å². The maximum atomic E-state index is 4.60. The third-order valence-electron chi connectivity index (χ3n) is 2.51. The number of hydrogen-bond donors (Lipinski definition) is 1. The predicted octanol–water partition coefficient (Wildman–Crippen LogP) is 2.56. The molecular weight excluding hydrogens is 160 g/mol. The number of anilines is 1. The summed E-state index contributed by atoms with van der Waals surface area (Å²) in [5, 5.41) is 3.35. The molecule has 2 nitrogen and oxygen atoms in total. The summed E-state index contributed by atoms with van der Waals surface area (Å²) in [6.07, 6.45) is 2.41. The van der Waals surface area contributed by atoms with Crippen LogP contribution in [-0.2, 0) is 6.42 Å². The minimum Gasteiger partial charge on any atom is -0.370 e. The molecule has 0 spiro atoms. The first-order chi connectivity index (χ1) is 6.27. The van der Waals surface area contributed by atoms with Crippen molar-refractivity contribution >= 4 is 5.82 Å². The number of pyridine rings is 1. The molecule has 0 atom stereocenters. The van der Waals surface area contributed by atoms with Gasteiger partial charge in [0.15, 0.2) is 0 Å². The highest BCUT2D eigenvalue weighted by molar-refractivity contribution is 5.47. The van der Waals surface area contributed by atoms with Crippen LogP contribution >= 0.6 is 0 Å². The average Bonchev–Trinajstić information content (AvgIpc) is 2.17. The number of aromatic nitrogens is 1. The minimum atomic E-state index is 0.522. The summed E-state index contributed by atoms with van der Waals surface area (Å²) in [7, 11) is 0. The third-order valence-corrected chi connectivity index (χ3v) is 2.51. The predicted molar refractivity (Wildman–Crippen MR) is 55.1 cm³/mol. The number of nitrogens with zero attached hydrogens (tertiary/aromatic N) is 1. The van der Waals surface area contributed by atoms with Crippen LogP contribution in [0.4, 0.5) is 5.82 Å². The lowest BCUT2D eigenvalue weighted by Gasteiger charge is -2.18. The van der Waals surface area contributed by atoms with E-state index in [0.717, 1.165) is 12.4 Å². The number of rotatable bonds is 1. The normalized spacial score (nSPS) is 15.3. The van der Waals surface area contributed by atoms with Crippen LogP contribution in [0, 0.1) is 0 Å². The van der Waals surface area contributed by atoms with E-state index >= 15 is 0 Å². The molecular formula is C11H16N2. The molecule has 2 rings (SSSR count). The summed E-state index contributed by atoms with van der Waals surface area (Å²) < 4.78 is 0. The Balaban J connectivity index is 2.35. The number of fused-ring (bicyclic) bond motifs is 1. The summed E-state index contributed by atoms with van der Waals surface area (Å²) in [5.41, 5.74) is 2.56. The second-order valence-electron chi connectivity index (χ2n) is 3.93. The quantitative estimate of drug-likeness (QED) is 0.711. The van der Waals surface area contributed by atoms with Gasteiger partial charge in [0.2, 0.25) is 0 Å². The van der Waals surface area contributed by atoms with Gasteiger partial charge in [0.05, 0.1) is 0 Å². The van der Waals surface area contributed by atoms with Crippen molar-refractivity contribution in [2.75, 3.05) is 11.9 Å². The van der Waals surface area contributed by atoms with Gasteiger partial charge in [-0.15, -0.1) is 0 Å². The fourth-order valence-electron chi connectivity index (χ4n) is 1.67. The Hall–Kier alpha value is -1.05. The van der Waals surface area contributed by atoms with E-state index in [1.54, 1.807) is 0 Å². The first-order valence-corrected chi connectivity index (χ1v) is 5.01. The Morgan fingerprint density at radius 1 is 1.38 bits per heavy atom. The molecule has 70 valence electrons. The summed E-state index contributed by atoms with van der Waals surface area (Å²) >= 11 is 0. The van der Waals surface area contributed by atoms with Crippen LogP contribution in [0.5, 0.6) is 0 Å². The third kappa shape index (κ3) is 1.67. The van der Waals surface area contributed by atoms with Gasteiger partial charge in [0.1, 0.15) is 5.82 Å². The van der Waals surface area contributed by atoms with E-state index in [1.165, 1.54) is 24.1 Å². The van der Waals surface area contributed by atoms with Gasteiger partial charge in [-0.2, -0.15) is 0 Å². The fraction of sp³-hybridized carbons (Fsp3) is 0.545. The number of aryl methyl sites for hydroxylation is 1. The Labute approximate surface area is 79.4 Å². The molecule has 0 saturated carbocycles. The van der Waals surface area contributed by atoms with E-state index in [-0.39, 0.29) is 0 Å². The lowest BCUT2D eigenvalue weighted by Crippen LogP contribution is -2.14. The number of hydrogen-bond acceptors (Lipinski definition) is 2. The van der Waals surface area contributed by atoms with E-state index in [0.29, 0.717) is 5.92 Å². The molecule has 0 bridgehead atoms. The fourth-order valence-corrected chi connectivity index (χ4v) is 1.67. The molecule has 0 saturated heterocycles. The topological polar surface area (TPSA) is 24.9 Å². The smallest absolute Gasteiger partial charge is 0.129 e. The molecule has 1 aliphatic rings. The highest BCUT2D eigenvalue weighted by Gasteiger charge is 2.10. The van der Waals surface area contributed by atoms with E-state index in [4.69, 9.17) is 0 Å². The van der Waals surface area contributed by atoms with Crippen molar-refractivity contribution in [2.24, 2.45) is 0 Å². The van der Waals surface area contributed by atoms with Gasteiger partial charge in [0.25, 0.3) is 0 Å². The van der Waals surface area contributed by atoms with Crippen LogP contribution in [0.25, 0.3) is 0 Å². The van der Waals surface area contributed by atoms with Crippen LogP contribution in [-0.4, -0.2) is 11.5 Å². The van der Waals surface area contributed by atoms with Crippen LogP contribution < -0.4 is 5.32 Å². The summed E-state index contributed by atoms with van der Waals surface area (Å²) in [5.74, 6) is 1.63. The molecule has 13 heavy (non-hydrogen) atoms. The van der Waals surface area contributed by atoms with Gasteiger partial charge in [0, 0.05) is 12.2 Å². The molecule has 0 radical (unpaired) electrons. The molecule has 0 amide bonds. The van der Waals surface area contributed by atoms with Gasteiger partial charge in [-0.3, -0.25) is 0 Å². The molecule has 2 heteroatoms.